The summed E-state index contributed by atoms with van der Waals surface area (Å²) in [5.74, 6) is 2.41. The molecular formula is C20H27NO2. The topological polar surface area (TPSA) is 30.5 Å². The Hall–Kier alpha value is -2.16. The van der Waals surface area contributed by atoms with Crippen molar-refractivity contribution in [3.63, 3.8) is 0 Å². The van der Waals surface area contributed by atoms with Gasteiger partial charge in [-0.25, -0.2) is 0 Å². The minimum absolute atomic E-state index is 0.537. The summed E-state index contributed by atoms with van der Waals surface area (Å²) in [5, 5.41) is 3.36. The fraction of sp³-hybridized carbons (Fsp3) is 0.400. The minimum Gasteiger partial charge on any atom is -0.493 e. The highest BCUT2D eigenvalue weighted by Gasteiger charge is 2.00. The van der Waals surface area contributed by atoms with E-state index in [1.165, 1.54) is 11.1 Å². The Balaban J connectivity index is 1.74. The molecule has 2 aromatic carbocycles. The van der Waals surface area contributed by atoms with Crippen LogP contribution in [0.3, 0.4) is 0 Å². The van der Waals surface area contributed by atoms with Crippen molar-refractivity contribution in [2.24, 2.45) is 5.92 Å². The molecule has 0 bridgehead atoms. The van der Waals surface area contributed by atoms with Gasteiger partial charge in [0.15, 0.2) is 0 Å². The van der Waals surface area contributed by atoms with E-state index < -0.39 is 0 Å². The first kappa shape index (κ1) is 17.2. The standard InChI is InChI=1S/C20H27NO2/c1-15(2)14-23-19-9-7-18(8-10-19)21-11-12-22-20-13-16(3)5-6-17(20)4/h5-10,13,15,21H,11-12,14H2,1-4H3. The summed E-state index contributed by atoms with van der Waals surface area (Å²) in [6, 6.07) is 14.3. The second kappa shape index (κ2) is 8.47. The molecule has 0 heterocycles. The van der Waals surface area contributed by atoms with Gasteiger partial charge in [0.25, 0.3) is 0 Å². The van der Waals surface area contributed by atoms with Gasteiger partial charge < -0.3 is 14.8 Å². The number of rotatable bonds is 8. The second-order valence-electron chi connectivity index (χ2n) is 6.27. The third kappa shape index (κ3) is 5.85. The van der Waals surface area contributed by atoms with Gasteiger partial charge in [0.1, 0.15) is 18.1 Å². The van der Waals surface area contributed by atoms with E-state index >= 15 is 0 Å². The van der Waals surface area contributed by atoms with Crippen LogP contribution in [0.25, 0.3) is 0 Å². The van der Waals surface area contributed by atoms with Crippen molar-refractivity contribution >= 4 is 5.69 Å². The third-order valence-electron chi connectivity index (χ3n) is 3.47. The number of anilines is 1. The van der Waals surface area contributed by atoms with Crippen molar-refractivity contribution < 1.29 is 9.47 Å². The molecule has 1 N–H and O–H groups in total. The average Bonchev–Trinajstić information content (AvgIpc) is 2.53. The first-order chi connectivity index (χ1) is 11.0. The molecule has 0 radical (unpaired) electrons. The van der Waals surface area contributed by atoms with Crippen molar-refractivity contribution in [1.82, 2.24) is 0 Å². The molecule has 2 rings (SSSR count). The van der Waals surface area contributed by atoms with Gasteiger partial charge in [-0.15, -0.1) is 0 Å². The zero-order chi connectivity index (χ0) is 16.7. The zero-order valence-corrected chi connectivity index (χ0v) is 14.6. The predicted octanol–water partition coefficient (Wildman–Crippen LogP) is 4.83. The zero-order valence-electron chi connectivity index (χ0n) is 14.6. The summed E-state index contributed by atoms with van der Waals surface area (Å²) in [5.41, 5.74) is 3.46. The molecule has 0 saturated heterocycles. The third-order valence-corrected chi connectivity index (χ3v) is 3.47. The van der Waals surface area contributed by atoms with Crippen molar-refractivity contribution in [1.29, 1.82) is 0 Å². The summed E-state index contributed by atoms with van der Waals surface area (Å²) in [4.78, 5) is 0. The molecule has 0 saturated carbocycles. The van der Waals surface area contributed by atoms with Gasteiger partial charge in [-0.2, -0.15) is 0 Å². The van der Waals surface area contributed by atoms with Gasteiger partial charge in [-0.3, -0.25) is 0 Å². The van der Waals surface area contributed by atoms with Crippen molar-refractivity contribution in [2.75, 3.05) is 25.1 Å². The summed E-state index contributed by atoms with van der Waals surface area (Å²) in [6.07, 6.45) is 0. The second-order valence-corrected chi connectivity index (χ2v) is 6.27. The van der Waals surface area contributed by atoms with E-state index in [0.29, 0.717) is 12.5 Å². The number of hydrogen-bond donors (Lipinski definition) is 1. The Labute approximate surface area is 139 Å². The van der Waals surface area contributed by atoms with Gasteiger partial charge >= 0.3 is 0 Å². The molecular weight excluding hydrogens is 286 g/mol. The van der Waals surface area contributed by atoms with Crippen LogP contribution in [0.5, 0.6) is 11.5 Å². The molecule has 0 amide bonds. The van der Waals surface area contributed by atoms with E-state index in [1.807, 2.05) is 24.3 Å². The van der Waals surface area contributed by atoms with Crippen LogP contribution in [0, 0.1) is 19.8 Å². The van der Waals surface area contributed by atoms with Gasteiger partial charge in [-0.1, -0.05) is 26.0 Å². The number of aryl methyl sites for hydroxylation is 2. The summed E-state index contributed by atoms with van der Waals surface area (Å²) < 4.78 is 11.5. The molecule has 0 fully saturated rings. The van der Waals surface area contributed by atoms with Crippen LogP contribution in [-0.2, 0) is 0 Å². The van der Waals surface area contributed by atoms with Crippen LogP contribution in [0.2, 0.25) is 0 Å². The van der Waals surface area contributed by atoms with Gasteiger partial charge in [0.05, 0.1) is 6.61 Å². The maximum Gasteiger partial charge on any atom is 0.122 e. The monoisotopic (exact) mass is 313 g/mol. The van der Waals surface area contributed by atoms with Crippen LogP contribution < -0.4 is 14.8 Å². The summed E-state index contributed by atoms with van der Waals surface area (Å²) >= 11 is 0. The van der Waals surface area contributed by atoms with Gasteiger partial charge in [0.2, 0.25) is 0 Å². The highest BCUT2D eigenvalue weighted by Crippen LogP contribution is 2.19. The van der Waals surface area contributed by atoms with Crippen LogP contribution >= 0.6 is 0 Å². The van der Waals surface area contributed by atoms with Crippen LogP contribution in [0.1, 0.15) is 25.0 Å². The highest BCUT2D eigenvalue weighted by atomic mass is 16.5. The Bertz CT molecular complexity index is 606. The molecule has 2 aromatic rings. The van der Waals surface area contributed by atoms with Crippen molar-refractivity contribution in [3.05, 3.63) is 53.6 Å². The maximum absolute atomic E-state index is 5.84. The maximum atomic E-state index is 5.84. The molecule has 0 spiro atoms. The van der Waals surface area contributed by atoms with E-state index in [0.717, 1.165) is 30.3 Å². The molecule has 23 heavy (non-hydrogen) atoms. The molecule has 0 aliphatic carbocycles. The lowest BCUT2D eigenvalue weighted by atomic mass is 10.1. The van der Waals surface area contributed by atoms with Gasteiger partial charge in [-0.05, 0) is 61.2 Å². The predicted molar refractivity (Wildman–Crippen MR) is 96.7 cm³/mol. The smallest absolute Gasteiger partial charge is 0.122 e. The molecule has 0 atom stereocenters. The lowest BCUT2D eigenvalue weighted by molar-refractivity contribution is 0.271. The molecule has 3 heteroatoms. The van der Waals surface area contributed by atoms with E-state index in [-0.39, 0.29) is 0 Å². The van der Waals surface area contributed by atoms with E-state index in [4.69, 9.17) is 9.47 Å². The van der Waals surface area contributed by atoms with E-state index in [2.05, 4.69) is 51.2 Å². The van der Waals surface area contributed by atoms with E-state index in [9.17, 15) is 0 Å². The van der Waals surface area contributed by atoms with Gasteiger partial charge in [0, 0.05) is 12.2 Å². The Morgan fingerprint density at radius 3 is 2.39 bits per heavy atom. The first-order valence-corrected chi connectivity index (χ1v) is 8.21. The SMILES string of the molecule is Cc1ccc(C)c(OCCNc2ccc(OCC(C)C)cc2)c1. The molecule has 0 aliphatic heterocycles. The Morgan fingerprint density at radius 1 is 0.957 bits per heavy atom. The highest BCUT2D eigenvalue weighted by molar-refractivity contribution is 5.46. The quantitative estimate of drug-likeness (QED) is 0.708. The van der Waals surface area contributed by atoms with Crippen molar-refractivity contribution in [3.8, 4) is 11.5 Å². The number of nitrogens with one attached hydrogen (secondary N) is 1. The van der Waals surface area contributed by atoms with Crippen LogP contribution in [0.15, 0.2) is 42.5 Å². The fourth-order valence-corrected chi connectivity index (χ4v) is 2.15. The largest absolute Gasteiger partial charge is 0.493 e. The number of ether oxygens (including phenoxy) is 2. The normalized spacial score (nSPS) is 10.7. The van der Waals surface area contributed by atoms with Crippen LogP contribution in [0.4, 0.5) is 5.69 Å². The first-order valence-electron chi connectivity index (χ1n) is 8.21. The molecule has 0 unspecified atom stereocenters. The van der Waals surface area contributed by atoms with Crippen molar-refractivity contribution in [2.45, 2.75) is 27.7 Å². The summed E-state index contributed by atoms with van der Waals surface area (Å²) in [6.45, 7) is 10.6. The Kier molecular flexibility index (Phi) is 6.33. The number of benzene rings is 2. The lowest BCUT2D eigenvalue weighted by Crippen LogP contribution is -2.12. The number of hydrogen-bond acceptors (Lipinski definition) is 3. The fourth-order valence-electron chi connectivity index (χ4n) is 2.15. The Morgan fingerprint density at radius 2 is 1.70 bits per heavy atom. The molecule has 0 aliphatic rings. The molecule has 3 nitrogen and oxygen atoms in total. The minimum atomic E-state index is 0.537. The molecule has 124 valence electrons. The average molecular weight is 313 g/mol. The lowest BCUT2D eigenvalue weighted by Gasteiger charge is -2.12. The van der Waals surface area contributed by atoms with Crippen LogP contribution in [-0.4, -0.2) is 19.8 Å². The summed E-state index contributed by atoms with van der Waals surface area (Å²) in [7, 11) is 0. The van der Waals surface area contributed by atoms with E-state index in [1.54, 1.807) is 0 Å². The molecule has 0 aromatic heterocycles.